The topological polar surface area (TPSA) is 29.1 Å². The molecule has 1 saturated heterocycles. The Bertz CT molecular complexity index is 408. The Morgan fingerprint density at radius 2 is 2.18 bits per heavy atom. The zero-order valence-electron chi connectivity index (χ0n) is 9.46. The first-order valence-corrected chi connectivity index (χ1v) is 5.80. The van der Waals surface area contributed by atoms with Gasteiger partial charge in [0, 0.05) is 18.8 Å². The average Bonchev–Trinajstić information content (AvgIpc) is 2.32. The summed E-state index contributed by atoms with van der Waals surface area (Å²) in [6.07, 6.45) is -0.219. The highest BCUT2D eigenvalue weighted by Crippen LogP contribution is 2.20. The van der Waals surface area contributed by atoms with Crippen LogP contribution in [0.1, 0.15) is 18.4 Å². The van der Waals surface area contributed by atoms with E-state index in [1.807, 2.05) is 0 Å². The summed E-state index contributed by atoms with van der Waals surface area (Å²) in [4.78, 5) is 11.9. The Morgan fingerprint density at radius 1 is 1.41 bits per heavy atom. The van der Waals surface area contributed by atoms with Gasteiger partial charge < -0.3 is 0 Å². The SMILES string of the molecule is O=C(Cc1ccccc1F)C1CCNC(F)C1. The lowest BCUT2D eigenvalue weighted by molar-refractivity contribution is -0.123. The fourth-order valence-electron chi connectivity index (χ4n) is 2.13. The number of halogens is 2. The van der Waals surface area contributed by atoms with Crippen molar-refractivity contribution in [1.29, 1.82) is 0 Å². The van der Waals surface area contributed by atoms with Crippen molar-refractivity contribution in [2.24, 2.45) is 5.92 Å². The van der Waals surface area contributed by atoms with Crippen molar-refractivity contribution in [3.8, 4) is 0 Å². The molecule has 0 bridgehead atoms. The van der Waals surface area contributed by atoms with E-state index in [2.05, 4.69) is 5.32 Å². The lowest BCUT2D eigenvalue weighted by atomic mass is 9.89. The number of rotatable bonds is 3. The molecular weight excluding hydrogens is 224 g/mol. The minimum atomic E-state index is -1.11. The summed E-state index contributed by atoms with van der Waals surface area (Å²) in [5, 5.41) is 2.65. The van der Waals surface area contributed by atoms with Crippen molar-refractivity contribution >= 4 is 5.78 Å². The van der Waals surface area contributed by atoms with Gasteiger partial charge in [-0.2, -0.15) is 0 Å². The first-order valence-electron chi connectivity index (χ1n) is 5.80. The summed E-state index contributed by atoms with van der Waals surface area (Å²) >= 11 is 0. The van der Waals surface area contributed by atoms with Crippen LogP contribution in [-0.2, 0) is 11.2 Å². The standard InChI is InChI=1S/C13H15F2NO/c14-11-4-2-1-3-9(11)7-12(17)10-5-6-16-13(15)8-10/h1-4,10,13,16H,5-8H2. The van der Waals surface area contributed by atoms with Crippen LogP contribution in [0.15, 0.2) is 24.3 Å². The number of ketones is 1. The van der Waals surface area contributed by atoms with Crippen molar-refractivity contribution in [3.63, 3.8) is 0 Å². The molecule has 0 radical (unpaired) electrons. The molecule has 1 aliphatic heterocycles. The molecule has 17 heavy (non-hydrogen) atoms. The van der Waals surface area contributed by atoms with E-state index in [-0.39, 0.29) is 30.4 Å². The molecule has 4 heteroatoms. The van der Waals surface area contributed by atoms with Gasteiger partial charge in [0.25, 0.3) is 0 Å². The molecule has 2 unspecified atom stereocenters. The van der Waals surface area contributed by atoms with Crippen molar-refractivity contribution < 1.29 is 13.6 Å². The first-order chi connectivity index (χ1) is 8.16. The van der Waals surface area contributed by atoms with Crippen LogP contribution >= 0.6 is 0 Å². The number of Topliss-reactive ketones (excluding diaryl/α,β-unsaturated/α-hetero) is 1. The molecule has 2 rings (SSSR count). The lowest BCUT2D eigenvalue weighted by Crippen LogP contribution is -2.38. The largest absolute Gasteiger partial charge is 0.299 e. The molecule has 1 aliphatic rings. The molecular formula is C13H15F2NO. The molecule has 0 spiro atoms. The Hall–Kier alpha value is -1.29. The van der Waals surface area contributed by atoms with Crippen LogP contribution in [0.25, 0.3) is 0 Å². The molecule has 0 amide bonds. The predicted molar refractivity (Wildman–Crippen MR) is 60.7 cm³/mol. The fraction of sp³-hybridized carbons (Fsp3) is 0.462. The molecule has 1 aromatic rings. The summed E-state index contributed by atoms with van der Waals surface area (Å²) in [6, 6.07) is 6.22. The average molecular weight is 239 g/mol. The highest BCUT2D eigenvalue weighted by atomic mass is 19.1. The van der Waals surface area contributed by atoms with Gasteiger partial charge >= 0.3 is 0 Å². The molecule has 1 aromatic carbocycles. The lowest BCUT2D eigenvalue weighted by Gasteiger charge is -2.24. The third-order valence-corrected chi connectivity index (χ3v) is 3.13. The Morgan fingerprint density at radius 3 is 2.88 bits per heavy atom. The molecule has 1 heterocycles. The number of piperidine rings is 1. The number of carbonyl (C=O) groups is 1. The van der Waals surface area contributed by atoms with Crippen LogP contribution in [-0.4, -0.2) is 18.6 Å². The summed E-state index contributed by atoms with van der Waals surface area (Å²) in [6.45, 7) is 0.509. The molecule has 0 saturated carbocycles. The molecule has 2 atom stereocenters. The van der Waals surface area contributed by atoms with Gasteiger partial charge in [-0.3, -0.25) is 10.1 Å². The zero-order chi connectivity index (χ0) is 12.3. The van der Waals surface area contributed by atoms with Crippen molar-refractivity contribution in [3.05, 3.63) is 35.6 Å². The van der Waals surface area contributed by atoms with E-state index >= 15 is 0 Å². The van der Waals surface area contributed by atoms with Crippen molar-refractivity contribution in [2.45, 2.75) is 25.6 Å². The third-order valence-electron chi connectivity index (χ3n) is 3.13. The van der Waals surface area contributed by atoms with Crippen LogP contribution in [0.2, 0.25) is 0 Å². The zero-order valence-corrected chi connectivity index (χ0v) is 9.46. The number of benzene rings is 1. The van der Waals surface area contributed by atoms with Crippen LogP contribution in [0, 0.1) is 11.7 Å². The summed E-state index contributed by atoms with van der Waals surface area (Å²) in [5.41, 5.74) is 0.395. The van der Waals surface area contributed by atoms with E-state index < -0.39 is 6.30 Å². The second-order valence-electron chi connectivity index (χ2n) is 4.38. The van der Waals surface area contributed by atoms with Crippen LogP contribution in [0.3, 0.4) is 0 Å². The summed E-state index contributed by atoms with van der Waals surface area (Å²) < 4.78 is 26.4. The maximum Gasteiger partial charge on any atom is 0.151 e. The van der Waals surface area contributed by atoms with E-state index in [4.69, 9.17) is 0 Å². The Labute approximate surface area is 99.0 Å². The number of nitrogens with one attached hydrogen (secondary N) is 1. The second-order valence-corrected chi connectivity index (χ2v) is 4.38. The van der Waals surface area contributed by atoms with Gasteiger partial charge in [0.1, 0.15) is 11.6 Å². The van der Waals surface area contributed by atoms with E-state index in [0.29, 0.717) is 18.5 Å². The minimum Gasteiger partial charge on any atom is -0.299 e. The molecule has 1 fully saturated rings. The maximum absolute atomic E-state index is 13.4. The van der Waals surface area contributed by atoms with Crippen LogP contribution in [0.4, 0.5) is 8.78 Å². The molecule has 1 N–H and O–H groups in total. The van der Waals surface area contributed by atoms with Gasteiger partial charge in [-0.05, 0) is 24.6 Å². The summed E-state index contributed by atoms with van der Waals surface area (Å²) in [7, 11) is 0. The smallest absolute Gasteiger partial charge is 0.151 e. The number of hydrogen-bond donors (Lipinski definition) is 1. The first kappa shape index (κ1) is 12.2. The fourth-order valence-corrected chi connectivity index (χ4v) is 2.13. The second kappa shape index (κ2) is 5.36. The van der Waals surface area contributed by atoms with Crippen molar-refractivity contribution in [2.75, 3.05) is 6.54 Å². The van der Waals surface area contributed by atoms with E-state index in [1.54, 1.807) is 18.2 Å². The monoisotopic (exact) mass is 239 g/mol. The highest BCUT2D eigenvalue weighted by molar-refractivity contribution is 5.83. The third kappa shape index (κ3) is 3.09. The normalized spacial score (nSPS) is 24.6. The summed E-state index contributed by atoms with van der Waals surface area (Å²) in [5.74, 6) is -0.725. The van der Waals surface area contributed by atoms with E-state index in [0.717, 1.165) is 0 Å². The highest BCUT2D eigenvalue weighted by Gasteiger charge is 2.26. The molecule has 0 aromatic heterocycles. The van der Waals surface area contributed by atoms with Gasteiger partial charge in [0.05, 0.1) is 0 Å². The predicted octanol–water partition coefficient (Wildman–Crippen LogP) is 2.23. The number of hydrogen-bond acceptors (Lipinski definition) is 2. The molecule has 92 valence electrons. The van der Waals surface area contributed by atoms with Crippen LogP contribution < -0.4 is 5.32 Å². The Balaban J connectivity index is 1.99. The van der Waals surface area contributed by atoms with Gasteiger partial charge in [0.2, 0.25) is 0 Å². The number of alkyl halides is 1. The van der Waals surface area contributed by atoms with Gasteiger partial charge in [-0.1, -0.05) is 18.2 Å². The molecule has 0 aliphatic carbocycles. The number of carbonyl (C=O) groups excluding carboxylic acids is 1. The maximum atomic E-state index is 13.4. The van der Waals surface area contributed by atoms with Gasteiger partial charge in [0.15, 0.2) is 6.30 Å². The van der Waals surface area contributed by atoms with Gasteiger partial charge in [-0.15, -0.1) is 0 Å². The van der Waals surface area contributed by atoms with Gasteiger partial charge in [-0.25, -0.2) is 8.78 Å². The van der Waals surface area contributed by atoms with E-state index in [1.165, 1.54) is 6.07 Å². The van der Waals surface area contributed by atoms with Crippen LogP contribution in [0.5, 0.6) is 0 Å². The van der Waals surface area contributed by atoms with Crippen molar-refractivity contribution in [1.82, 2.24) is 5.32 Å². The minimum absolute atomic E-state index is 0.0596. The Kier molecular flexibility index (Phi) is 3.84. The van der Waals surface area contributed by atoms with E-state index in [9.17, 15) is 13.6 Å². The molecule has 2 nitrogen and oxygen atoms in total. The quantitative estimate of drug-likeness (QED) is 0.819.